The number of hydrogen-bond donors (Lipinski definition) is 1. The first kappa shape index (κ1) is 20.7. The number of aromatic nitrogens is 1. The zero-order valence-corrected chi connectivity index (χ0v) is 18.2. The summed E-state index contributed by atoms with van der Waals surface area (Å²) < 4.78 is 5.76. The van der Waals surface area contributed by atoms with Gasteiger partial charge >= 0.3 is 0 Å². The molecule has 2 heterocycles. The Labute approximate surface area is 191 Å². The molecule has 0 bridgehead atoms. The van der Waals surface area contributed by atoms with E-state index < -0.39 is 0 Å². The Kier molecular flexibility index (Phi) is 5.48. The maximum Gasteiger partial charge on any atom is 0.260 e. The average Bonchev–Trinajstić information content (AvgIpc) is 3.27. The lowest BCUT2D eigenvalue weighted by atomic mass is 10.0. The standard InChI is InChI=1S/C27H23N3O3/c1-2-33-24-10-8-18-5-3-4-6-22(18)25(24)26(31)29-21-9-7-19-13-16-30(23(19)17-21)27(32)20-11-14-28-15-12-20/h3-12,14-15,17H,2,13,16H2,1H3,(H,29,31). The predicted molar refractivity (Wildman–Crippen MR) is 129 cm³/mol. The third kappa shape index (κ3) is 3.91. The molecule has 0 saturated heterocycles. The normalized spacial score (nSPS) is 12.5. The Hall–Kier alpha value is -4.19. The van der Waals surface area contributed by atoms with Gasteiger partial charge in [-0.3, -0.25) is 14.6 Å². The molecule has 6 heteroatoms. The van der Waals surface area contributed by atoms with Crippen molar-refractivity contribution in [2.75, 3.05) is 23.4 Å². The van der Waals surface area contributed by atoms with E-state index in [4.69, 9.17) is 4.74 Å². The largest absolute Gasteiger partial charge is 0.493 e. The lowest BCUT2D eigenvalue weighted by Gasteiger charge is -2.18. The molecule has 164 valence electrons. The van der Waals surface area contributed by atoms with Crippen LogP contribution >= 0.6 is 0 Å². The summed E-state index contributed by atoms with van der Waals surface area (Å²) in [6.45, 7) is 2.96. The predicted octanol–water partition coefficient (Wildman–Crippen LogP) is 5.09. The van der Waals surface area contributed by atoms with E-state index in [-0.39, 0.29) is 11.8 Å². The summed E-state index contributed by atoms with van der Waals surface area (Å²) in [4.78, 5) is 32.1. The number of rotatable bonds is 5. The molecule has 0 radical (unpaired) electrons. The molecule has 1 aliphatic rings. The lowest BCUT2D eigenvalue weighted by Crippen LogP contribution is -2.28. The van der Waals surface area contributed by atoms with E-state index in [1.165, 1.54) is 0 Å². The van der Waals surface area contributed by atoms with Crippen LogP contribution in [0.3, 0.4) is 0 Å². The second kappa shape index (κ2) is 8.74. The molecule has 33 heavy (non-hydrogen) atoms. The number of hydrogen-bond acceptors (Lipinski definition) is 4. The van der Waals surface area contributed by atoms with Crippen molar-refractivity contribution >= 4 is 34.0 Å². The van der Waals surface area contributed by atoms with E-state index >= 15 is 0 Å². The number of benzene rings is 3. The minimum absolute atomic E-state index is 0.0766. The molecular weight excluding hydrogens is 414 g/mol. The third-order valence-corrected chi connectivity index (χ3v) is 5.83. The molecule has 2 amide bonds. The highest BCUT2D eigenvalue weighted by Crippen LogP contribution is 2.33. The summed E-state index contributed by atoms with van der Waals surface area (Å²) in [5, 5.41) is 4.81. The monoisotopic (exact) mass is 437 g/mol. The van der Waals surface area contributed by atoms with Gasteiger partial charge in [0.05, 0.1) is 12.2 Å². The minimum Gasteiger partial charge on any atom is -0.493 e. The fraction of sp³-hybridized carbons (Fsp3) is 0.148. The Morgan fingerprint density at radius 1 is 1.03 bits per heavy atom. The molecular formula is C27H23N3O3. The van der Waals surface area contributed by atoms with Crippen molar-refractivity contribution in [1.29, 1.82) is 0 Å². The van der Waals surface area contributed by atoms with Crippen LogP contribution in [0.4, 0.5) is 11.4 Å². The molecule has 5 rings (SSSR count). The maximum atomic E-state index is 13.4. The van der Waals surface area contributed by atoms with Gasteiger partial charge in [-0.2, -0.15) is 0 Å². The highest BCUT2D eigenvalue weighted by atomic mass is 16.5. The summed E-state index contributed by atoms with van der Waals surface area (Å²) in [7, 11) is 0. The van der Waals surface area contributed by atoms with Crippen molar-refractivity contribution in [3.8, 4) is 5.75 Å². The van der Waals surface area contributed by atoms with E-state index in [1.54, 1.807) is 29.4 Å². The third-order valence-electron chi connectivity index (χ3n) is 5.83. The molecule has 0 aliphatic carbocycles. The zero-order chi connectivity index (χ0) is 22.8. The number of nitrogens with one attached hydrogen (secondary N) is 1. The van der Waals surface area contributed by atoms with Gasteiger partial charge in [-0.25, -0.2) is 0 Å². The van der Waals surface area contributed by atoms with Crippen molar-refractivity contribution in [3.63, 3.8) is 0 Å². The molecule has 6 nitrogen and oxygen atoms in total. The first-order valence-electron chi connectivity index (χ1n) is 11.0. The van der Waals surface area contributed by atoms with Gasteiger partial charge < -0.3 is 15.0 Å². The van der Waals surface area contributed by atoms with Gasteiger partial charge in [0, 0.05) is 35.9 Å². The minimum atomic E-state index is -0.250. The van der Waals surface area contributed by atoms with Crippen LogP contribution in [0.25, 0.3) is 10.8 Å². The summed E-state index contributed by atoms with van der Waals surface area (Å²) >= 11 is 0. The highest BCUT2D eigenvalue weighted by molar-refractivity contribution is 6.15. The first-order chi connectivity index (χ1) is 16.2. The number of fused-ring (bicyclic) bond motifs is 2. The average molecular weight is 437 g/mol. The van der Waals surface area contributed by atoms with Crippen molar-refractivity contribution < 1.29 is 14.3 Å². The fourth-order valence-electron chi connectivity index (χ4n) is 4.27. The number of ether oxygens (including phenoxy) is 1. The zero-order valence-electron chi connectivity index (χ0n) is 18.2. The summed E-state index contributed by atoms with van der Waals surface area (Å²) in [6, 6.07) is 20.7. The van der Waals surface area contributed by atoms with Gasteiger partial charge in [0.2, 0.25) is 0 Å². The number of carbonyl (C=O) groups is 2. The van der Waals surface area contributed by atoms with E-state index in [0.29, 0.717) is 35.7 Å². The Bertz CT molecular complexity index is 1350. The number of amides is 2. The molecule has 1 aromatic heterocycles. The van der Waals surface area contributed by atoms with Gasteiger partial charge in [-0.05, 0) is 60.0 Å². The Morgan fingerprint density at radius 3 is 2.67 bits per heavy atom. The van der Waals surface area contributed by atoms with E-state index in [9.17, 15) is 9.59 Å². The molecule has 3 aromatic carbocycles. The second-order valence-electron chi connectivity index (χ2n) is 7.83. The van der Waals surface area contributed by atoms with E-state index in [1.807, 2.05) is 61.5 Å². The van der Waals surface area contributed by atoms with Crippen LogP contribution in [-0.4, -0.2) is 29.9 Å². The SMILES string of the molecule is CCOc1ccc2ccccc2c1C(=O)Nc1ccc2c(c1)N(C(=O)c1ccncc1)CC2. The highest BCUT2D eigenvalue weighted by Gasteiger charge is 2.26. The van der Waals surface area contributed by atoms with Crippen LogP contribution in [-0.2, 0) is 6.42 Å². The van der Waals surface area contributed by atoms with Crippen LogP contribution in [0.15, 0.2) is 79.1 Å². The van der Waals surface area contributed by atoms with Crippen molar-refractivity contribution in [3.05, 3.63) is 95.8 Å². The summed E-state index contributed by atoms with van der Waals surface area (Å²) in [5.41, 5.74) is 3.61. The molecule has 1 N–H and O–H groups in total. The van der Waals surface area contributed by atoms with Gasteiger partial charge in [-0.15, -0.1) is 0 Å². The number of nitrogens with zero attached hydrogens (tertiary/aromatic N) is 2. The molecule has 4 aromatic rings. The molecule has 0 atom stereocenters. The molecule has 0 fully saturated rings. The van der Waals surface area contributed by atoms with E-state index in [2.05, 4.69) is 10.3 Å². The van der Waals surface area contributed by atoms with Gasteiger partial charge in [0.15, 0.2) is 0 Å². The number of carbonyl (C=O) groups excluding carboxylic acids is 2. The molecule has 0 spiro atoms. The molecule has 0 saturated carbocycles. The van der Waals surface area contributed by atoms with Gasteiger partial charge in [0.25, 0.3) is 11.8 Å². The quantitative estimate of drug-likeness (QED) is 0.472. The van der Waals surface area contributed by atoms with Crippen LogP contribution in [0, 0.1) is 0 Å². The van der Waals surface area contributed by atoms with Crippen LogP contribution in [0.1, 0.15) is 33.2 Å². The first-order valence-corrected chi connectivity index (χ1v) is 11.0. The Balaban J connectivity index is 1.47. The second-order valence-corrected chi connectivity index (χ2v) is 7.83. The number of anilines is 2. The van der Waals surface area contributed by atoms with E-state index in [0.717, 1.165) is 28.4 Å². The van der Waals surface area contributed by atoms with Crippen molar-refractivity contribution in [2.24, 2.45) is 0 Å². The van der Waals surface area contributed by atoms with Crippen LogP contribution < -0.4 is 15.0 Å². The summed E-state index contributed by atoms with van der Waals surface area (Å²) in [6.07, 6.45) is 4.00. The van der Waals surface area contributed by atoms with Gasteiger partial charge in [0.1, 0.15) is 5.75 Å². The van der Waals surface area contributed by atoms with Crippen LogP contribution in [0.2, 0.25) is 0 Å². The lowest BCUT2D eigenvalue weighted by molar-refractivity contribution is 0.0987. The van der Waals surface area contributed by atoms with Crippen molar-refractivity contribution in [1.82, 2.24) is 4.98 Å². The fourth-order valence-corrected chi connectivity index (χ4v) is 4.27. The topological polar surface area (TPSA) is 71.5 Å². The van der Waals surface area contributed by atoms with Crippen molar-refractivity contribution in [2.45, 2.75) is 13.3 Å². The molecule has 1 aliphatic heterocycles. The summed E-state index contributed by atoms with van der Waals surface area (Å²) in [5.74, 6) is 0.219. The smallest absolute Gasteiger partial charge is 0.260 e. The van der Waals surface area contributed by atoms with Gasteiger partial charge in [-0.1, -0.05) is 36.4 Å². The van der Waals surface area contributed by atoms with Crippen LogP contribution in [0.5, 0.6) is 5.75 Å². The number of pyridine rings is 1. The Morgan fingerprint density at radius 2 is 1.85 bits per heavy atom. The molecule has 0 unspecified atom stereocenters. The maximum absolute atomic E-state index is 13.4.